The summed E-state index contributed by atoms with van der Waals surface area (Å²) in [5, 5.41) is 0.758. The van der Waals surface area contributed by atoms with Crippen molar-refractivity contribution < 1.29 is 22.1 Å². The molecule has 1 atom stereocenters. The Morgan fingerprint density at radius 2 is 1.73 bits per heavy atom. The maximum atomic E-state index is 12.5. The lowest BCUT2D eigenvalue weighted by molar-refractivity contribution is -0.123. The van der Waals surface area contributed by atoms with E-state index >= 15 is 0 Å². The zero-order valence-corrected chi connectivity index (χ0v) is 15.5. The van der Waals surface area contributed by atoms with Gasteiger partial charge in [0.05, 0.1) is 0 Å². The molecule has 1 unspecified atom stereocenters. The number of halogens is 2. The molecular weight excluding hydrogens is 401 g/mol. The van der Waals surface area contributed by atoms with Gasteiger partial charge >= 0.3 is 10.1 Å². The smallest absolute Gasteiger partial charge is 0.313 e. The third-order valence-corrected chi connectivity index (χ3v) is 5.31. The lowest BCUT2D eigenvalue weighted by Gasteiger charge is -2.10. The zero-order chi connectivity index (χ0) is 18.9. The minimum absolute atomic E-state index is 0.273. The van der Waals surface area contributed by atoms with Crippen LogP contribution in [-0.4, -0.2) is 14.2 Å². The number of rotatable bonds is 5. The summed E-state index contributed by atoms with van der Waals surface area (Å²) in [5.41, 5.74) is 6.47. The van der Waals surface area contributed by atoms with Crippen LogP contribution >= 0.6 is 23.2 Å². The van der Waals surface area contributed by atoms with Gasteiger partial charge in [-0.25, -0.2) is 0 Å². The van der Waals surface area contributed by atoms with Gasteiger partial charge in [-0.3, -0.25) is 4.79 Å². The number of hydrogen-bond acceptors (Lipinski definition) is 6. The van der Waals surface area contributed by atoms with E-state index in [1.54, 1.807) is 48.5 Å². The Balaban J connectivity index is 1.78. The minimum atomic E-state index is -4.16. The van der Waals surface area contributed by atoms with E-state index < -0.39 is 39.4 Å². The van der Waals surface area contributed by atoms with Crippen LogP contribution in [0.25, 0.3) is 0 Å². The Kier molecular flexibility index (Phi) is 5.13. The minimum Gasteiger partial charge on any atom is -0.460 e. The quantitative estimate of drug-likeness (QED) is 0.755. The van der Waals surface area contributed by atoms with Gasteiger partial charge in [-0.15, -0.1) is 0 Å². The average Bonchev–Trinajstić information content (AvgIpc) is 2.85. The number of benzene rings is 2. The Bertz CT molecular complexity index is 986. The number of carbonyl (C=O) groups is 1. The first-order valence-corrected chi connectivity index (χ1v) is 9.72. The first kappa shape index (κ1) is 18.6. The lowest BCUT2D eigenvalue weighted by atomic mass is 10.1. The molecule has 1 aliphatic heterocycles. The Hall–Kier alpha value is -2.22. The first-order chi connectivity index (χ1) is 12.3. The van der Waals surface area contributed by atoms with Gasteiger partial charge in [0.15, 0.2) is 6.10 Å². The van der Waals surface area contributed by atoms with Gasteiger partial charge in [0.1, 0.15) is 5.75 Å². The molecule has 0 aliphatic carbocycles. The normalized spacial score (nSPS) is 17.3. The summed E-state index contributed by atoms with van der Waals surface area (Å²) in [5.74, 6) is -2.13. The van der Waals surface area contributed by atoms with Crippen LogP contribution in [0.3, 0.4) is 0 Å². The van der Waals surface area contributed by atoms with Crippen LogP contribution in [0.5, 0.6) is 0 Å². The Labute approximate surface area is 160 Å². The molecule has 136 valence electrons. The van der Waals surface area contributed by atoms with Crippen LogP contribution in [-0.2, 0) is 29.6 Å². The number of ether oxygens (including phenoxy) is 1. The third-order valence-electron chi connectivity index (χ3n) is 3.60. The van der Waals surface area contributed by atoms with Crippen LogP contribution in [0, 0.1) is 0 Å². The van der Waals surface area contributed by atoms with Gasteiger partial charge in [0, 0.05) is 15.6 Å². The second-order valence-electron chi connectivity index (χ2n) is 5.48. The summed E-state index contributed by atoms with van der Waals surface area (Å²) in [4.78, 5) is 12.5. The van der Waals surface area contributed by atoms with Crippen molar-refractivity contribution in [2.75, 3.05) is 0 Å². The summed E-state index contributed by atoms with van der Waals surface area (Å²) < 4.78 is 34.8. The van der Waals surface area contributed by atoms with Crippen molar-refractivity contribution >= 4 is 39.1 Å². The number of nitrogens with two attached hydrogens (primary N) is 1. The van der Waals surface area contributed by atoms with E-state index in [1.165, 1.54) is 0 Å². The topological polar surface area (TPSA) is 95.7 Å². The monoisotopic (exact) mass is 413 g/mol. The molecule has 0 bridgehead atoms. The summed E-state index contributed by atoms with van der Waals surface area (Å²) >= 11 is 11.8. The fourth-order valence-electron chi connectivity index (χ4n) is 2.38. The van der Waals surface area contributed by atoms with Crippen LogP contribution in [0.2, 0.25) is 10.0 Å². The van der Waals surface area contributed by atoms with Crippen molar-refractivity contribution in [1.82, 2.24) is 0 Å². The molecule has 26 heavy (non-hydrogen) atoms. The molecule has 0 saturated carbocycles. The highest BCUT2D eigenvalue weighted by atomic mass is 35.5. The maximum absolute atomic E-state index is 12.5. The van der Waals surface area contributed by atoms with Gasteiger partial charge in [-0.2, -0.15) is 8.42 Å². The fourth-order valence-corrected chi connectivity index (χ4v) is 3.89. The summed E-state index contributed by atoms with van der Waals surface area (Å²) in [7, 11) is -4.16. The molecule has 2 N–H and O–H groups in total. The van der Waals surface area contributed by atoms with Crippen molar-refractivity contribution in [1.29, 1.82) is 0 Å². The number of hydrogen-bond donors (Lipinski definition) is 1. The summed E-state index contributed by atoms with van der Waals surface area (Å²) in [6.07, 6.45) is -1.09. The Morgan fingerprint density at radius 3 is 2.38 bits per heavy atom. The molecular formula is C17H13Cl2NO5S. The average molecular weight is 414 g/mol. The molecule has 6 nitrogen and oxygen atoms in total. The van der Waals surface area contributed by atoms with E-state index in [0.29, 0.717) is 16.1 Å². The first-order valence-electron chi connectivity index (χ1n) is 7.38. The molecule has 9 heteroatoms. The molecule has 1 aliphatic rings. The van der Waals surface area contributed by atoms with E-state index in [-0.39, 0.29) is 5.02 Å². The van der Waals surface area contributed by atoms with Crippen molar-refractivity contribution in [3.63, 3.8) is 0 Å². The van der Waals surface area contributed by atoms with Crippen LogP contribution in [0.15, 0.2) is 60.2 Å². The van der Waals surface area contributed by atoms with Gasteiger partial charge < -0.3 is 14.7 Å². The number of Topliss-reactive ketones (excluding diaryl/α,β-unsaturated/α-hetero) is 1. The van der Waals surface area contributed by atoms with Gasteiger partial charge in [0.25, 0.3) is 0 Å². The molecule has 0 aromatic heterocycles. The Morgan fingerprint density at radius 1 is 1.08 bits per heavy atom. The predicted molar refractivity (Wildman–Crippen MR) is 96.7 cm³/mol. The van der Waals surface area contributed by atoms with E-state index in [2.05, 4.69) is 0 Å². The van der Waals surface area contributed by atoms with E-state index in [0.717, 1.165) is 0 Å². The standard InChI is InChI=1S/C17H13Cl2NO5S/c18-12-7-5-10(6-8-12)15-14(21)16(17(20)24-15)25-26(22,23)9-11-3-1-2-4-13(11)19/h1-8,15H,9,20H2. The van der Waals surface area contributed by atoms with Gasteiger partial charge in [0.2, 0.25) is 17.4 Å². The SMILES string of the molecule is NC1=C(OS(=O)(=O)Cc2ccccc2Cl)C(=O)C(c2ccc(Cl)cc2)O1. The molecule has 2 aromatic carbocycles. The van der Waals surface area contributed by atoms with E-state index in [1.807, 2.05) is 0 Å². The number of carbonyl (C=O) groups excluding carboxylic acids is 1. The third kappa shape index (κ3) is 3.95. The van der Waals surface area contributed by atoms with Crippen LogP contribution in [0.4, 0.5) is 0 Å². The highest BCUT2D eigenvalue weighted by Gasteiger charge is 2.39. The molecule has 0 saturated heterocycles. The molecule has 2 aromatic rings. The van der Waals surface area contributed by atoms with Crippen molar-refractivity contribution in [3.8, 4) is 0 Å². The van der Waals surface area contributed by atoms with Crippen LogP contribution in [0.1, 0.15) is 17.2 Å². The molecule has 0 amide bonds. The molecule has 0 fully saturated rings. The van der Waals surface area contributed by atoms with Crippen molar-refractivity contribution in [2.45, 2.75) is 11.9 Å². The second kappa shape index (κ2) is 7.19. The van der Waals surface area contributed by atoms with Crippen molar-refractivity contribution in [2.24, 2.45) is 5.73 Å². The maximum Gasteiger partial charge on any atom is 0.313 e. The van der Waals surface area contributed by atoms with Crippen LogP contribution < -0.4 is 5.73 Å². The fraction of sp³-hybridized carbons (Fsp3) is 0.118. The lowest BCUT2D eigenvalue weighted by Crippen LogP contribution is -2.16. The molecule has 0 radical (unpaired) electrons. The summed E-state index contributed by atoms with van der Waals surface area (Å²) in [6.45, 7) is 0. The van der Waals surface area contributed by atoms with E-state index in [4.69, 9.17) is 37.9 Å². The highest BCUT2D eigenvalue weighted by molar-refractivity contribution is 7.86. The number of ketones is 1. The molecule has 3 rings (SSSR count). The highest BCUT2D eigenvalue weighted by Crippen LogP contribution is 2.33. The van der Waals surface area contributed by atoms with Gasteiger partial charge in [-0.1, -0.05) is 53.5 Å². The van der Waals surface area contributed by atoms with Crippen molar-refractivity contribution in [3.05, 3.63) is 81.3 Å². The second-order valence-corrected chi connectivity index (χ2v) is 7.90. The molecule has 1 heterocycles. The largest absolute Gasteiger partial charge is 0.460 e. The van der Waals surface area contributed by atoms with E-state index in [9.17, 15) is 13.2 Å². The van der Waals surface area contributed by atoms with Gasteiger partial charge in [-0.05, 0) is 23.8 Å². The summed E-state index contributed by atoms with van der Waals surface area (Å²) in [6, 6.07) is 12.7. The zero-order valence-electron chi connectivity index (χ0n) is 13.2. The predicted octanol–water partition coefficient (Wildman–Crippen LogP) is 3.31. The molecule has 0 spiro atoms.